The zero-order chi connectivity index (χ0) is 20.4. The molecule has 3 unspecified atom stereocenters. The third-order valence-electron chi connectivity index (χ3n) is 4.92. The molecule has 0 saturated carbocycles. The Kier molecular flexibility index (Phi) is 10.0. The highest BCUT2D eigenvalue weighted by Gasteiger charge is 2.20. The van der Waals surface area contributed by atoms with E-state index < -0.39 is 5.97 Å². The molecule has 1 rings (SSSR count). The van der Waals surface area contributed by atoms with Crippen molar-refractivity contribution in [3.8, 4) is 17.2 Å². The Hall–Kier alpha value is -1.91. The zero-order valence-electron chi connectivity index (χ0n) is 17.7. The van der Waals surface area contributed by atoms with Gasteiger partial charge in [-0.05, 0) is 29.9 Å². The molecule has 154 valence electrons. The molecule has 1 aromatic rings. The van der Waals surface area contributed by atoms with Crippen LogP contribution in [0.2, 0.25) is 0 Å². The molecule has 0 spiro atoms. The molecule has 0 heterocycles. The maximum absolute atomic E-state index is 11.6. The molecule has 0 saturated heterocycles. The van der Waals surface area contributed by atoms with Crippen LogP contribution in [0.5, 0.6) is 17.2 Å². The van der Waals surface area contributed by atoms with Crippen LogP contribution in [0.3, 0.4) is 0 Å². The van der Waals surface area contributed by atoms with Crippen LogP contribution in [0, 0.1) is 17.8 Å². The summed E-state index contributed by atoms with van der Waals surface area (Å²) < 4.78 is 17.9. The van der Waals surface area contributed by atoms with Crippen LogP contribution in [0.1, 0.15) is 71.2 Å². The van der Waals surface area contributed by atoms with E-state index >= 15 is 0 Å². The van der Waals surface area contributed by atoms with E-state index in [4.69, 9.17) is 14.2 Å². The first-order valence-electron chi connectivity index (χ1n) is 10.1. The van der Waals surface area contributed by atoms with Crippen LogP contribution in [0.4, 0.5) is 0 Å². The predicted molar refractivity (Wildman–Crippen MR) is 108 cm³/mol. The van der Waals surface area contributed by atoms with Crippen molar-refractivity contribution in [2.75, 3.05) is 19.8 Å². The van der Waals surface area contributed by atoms with Crippen molar-refractivity contribution < 1.29 is 24.1 Å². The topological polar surface area (TPSA) is 65.0 Å². The summed E-state index contributed by atoms with van der Waals surface area (Å²) in [6.07, 6.45) is 2.97. The van der Waals surface area contributed by atoms with Crippen LogP contribution in [-0.4, -0.2) is 30.9 Å². The number of hydrogen-bond donors (Lipinski definition) is 1. The minimum absolute atomic E-state index is 0.143. The van der Waals surface area contributed by atoms with Crippen LogP contribution in [0.25, 0.3) is 0 Å². The molecule has 0 fully saturated rings. The molecule has 1 aromatic carbocycles. The Bertz CT molecular complexity index is 549. The van der Waals surface area contributed by atoms with E-state index in [1.54, 1.807) is 0 Å². The summed E-state index contributed by atoms with van der Waals surface area (Å²) >= 11 is 0. The van der Waals surface area contributed by atoms with Crippen molar-refractivity contribution in [3.05, 3.63) is 17.7 Å². The first-order chi connectivity index (χ1) is 12.8. The number of carboxylic acids is 1. The van der Waals surface area contributed by atoms with Gasteiger partial charge in [-0.15, -0.1) is 0 Å². The Morgan fingerprint density at radius 3 is 1.52 bits per heavy atom. The second-order valence-electron chi connectivity index (χ2n) is 7.58. The average molecular weight is 381 g/mol. The number of aromatic carboxylic acids is 1. The predicted octanol–water partition coefficient (Wildman–Crippen LogP) is 5.66. The van der Waals surface area contributed by atoms with Gasteiger partial charge in [0.2, 0.25) is 5.75 Å². The number of benzene rings is 1. The van der Waals surface area contributed by atoms with Crippen molar-refractivity contribution in [1.29, 1.82) is 0 Å². The van der Waals surface area contributed by atoms with Crippen molar-refractivity contribution in [2.45, 2.75) is 60.8 Å². The molecule has 0 aliphatic rings. The van der Waals surface area contributed by atoms with Crippen molar-refractivity contribution in [2.24, 2.45) is 17.8 Å². The molecule has 5 nitrogen and oxygen atoms in total. The lowest BCUT2D eigenvalue weighted by Crippen LogP contribution is -2.14. The summed E-state index contributed by atoms with van der Waals surface area (Å²) in [4.78, 5) is 11.6. The monoisotopic (exact) mass is 380 g/mol. The number of carbonyl (C=O) groups is 1. The van der Waals surface area contributed by atoms with E-state index in [1.165, 1.54) is 12.1 Å². The standard InChI is InChI=1S/C22H36O5/c1-7-15(4)12-25-19-10-18(22(23)24)11-20(26-13-16(5)8-2)21(19)27-14-17(6)9-3/h10-11,15-17H,7-9,12-14H2,1-6H3,(H,23,24). The number of carboxylic acid groups (broad SMARTS) is 1. The lowest BCUT2D eigenvalue weighted by Gasteiger charge is -2.21. The van der Waals surface area contributed by atoms with Gasteiger partial charge in [0.1, 0.15) is 0 Å². The molecule has 0 radical (unpaired) electrons. The lowest BCUT2D eigenvalue weighted by atomic mass is 10.1. The average Bonchev–Trinajstić information content (AvgIpc) is 2.67. The molecule has 0 aromatic heterocycles. The fraction of sp³-hybridized carbons (Fsp3) is 0.682. The highest BCUT2D eigenvalue weighted by molar-refractivity contribution is 5.89. The third-order valence-corrected chi connectivity index (χ3v) is 4.92. The summed E-state index contributed by atoms with van der Waals surface area (Å²) in [5, 5.41) is 9.48. The van der Waals surface area contributed by atoms with Gasteiger partial charge in [-0.1, -0.05) is 60.8 Å². The number of rotatable bonds is 13. The van der Waals surface area contributed by atoms with E-state index in [1.807, 2.05) is 0 Å². The summed E-state index contributed by atoms with van der Waals surface area (Å²) in [6, 6.07) is 3.07. The molecule has 0 aliphatic carbocycles. The molecule has 0 bridgehead atoms. The highest BCUT2D eigenvalue weighted by atomic mass is 16.5. The van der Waals surface area contributed by atoms with Crippen molar-refractivity contribution >= 4 is 5.97 Å². The Labute approximate surface area is 164 Å². The minimum Gasteiger partial charge on any atom is -0.489 e. The molecular formula is C22H36O5. The Balaban J connectivity index is 3.22. The van der Waals surface area contributed by atoms with Gasteiger partial charge in [0.25, 0.3) is 0 Å². The van der Waals surface area contributed by atoms with Crippen LogP contribution in [0.15, 0.2) is 12.1 Å². The molecule has 3 atom stereocenters. The molecular weight excluding hydrogens is 344 g/mol. The SMILES string of the molecule is CCC(C)COc1cc(C(=O)O)cc(OCC(C)CC)c1OCC(C)CC. The summed E-state index contributed by atoms with van der Waals surface area (Å²) in [5.41, 5.74) is 0.143. The molecule has 1 N–H and O–H groups in total. The van der Waals surface area contributed by atoms with Crippen molar-refractivity contribution in [3.63, 3.8) is 0 Å². The van der Waals surface area contributed by atoms with Crippen molar-refractivity contribution in [1.82, 2.24) is 0 Å². The molecule has 27 heavy (non-hydrogen) atoms. The Morgan fingerprint density at radius 2 is 1.19 bits per heavy atom. The minimum atomic E-state index is -1.01. The van der Waals surface area contributed by atoms with E-state index in [0.717, 1.165) is 19.3 Å². The van der Waals surface area contributed by atoms with E-state index in [0.29, 0.717) is 54.8 Å². The van der Waals surface area contributed by atoms with Crippen LogP contribution >= 0.6 is 0 Å². The fourth-order valence-electron chi connectivity index (χ4n) is 2.10. The quantitative estimate of drug-likeness (QED) is 0.478. The van der Waals surface area contributed by atoms with Gasteiger partial charge in [0.05, 0.1) is 25.4 Å². The van der Waals surface area contributed by atoms with Gasteiger partial charge in [-0.25, -0.2) is 4.79 Å². The first kappa shape index (κ1) is 23.1. The second kappa shape index (κ2) is 11.7. The Morgan fingerprint density at radius 1 is 0.815 bits per heavy atom. The van der Waals surface area contributed by atoms with Gasteiger partial charge in [0.15, 0.2) is 11.5 Å². The summed E-state index contributed by atoms with van der Waals surface area (Å²) in [6.45, 7) is 14.2. The maximum atomic E-state index is 11.6. The van der Waals surface area contributed by atoms with Gasteiger partial charge in [0, 0.05) is 0 Å². The van der Waals surface area contributed by atoms with Gasteiger partial charge in [-0.3, -0.25) is 0 Å². The first-order valence-corrected chi connectivity index (χ1v) is 10.1. The fourth-order valence-corrected chi connectivity index (χ4v) is 2.10. The zero-order valence-corrected chi connectivity index (χ0v) is 17.7. The van der Waals surface area contributed by atoms with E-state index in [-0.39, 0.29) is 5.56 Å². The molecule has 0 amide bonds. The third kappa shape index (κ3) is 7.69. The summed E-state index contributed by atoms with van der Waals surface area (Å²) in [5.74, 6) is 1.50. The summed E-state index contributed by atoms with van der Waals surface area (Å²) in [7, 11) is 0. The molecule has 5 heteroatoms. The highest BCUT2D eigenvalue weighted by Crippen LogP contribution is 2.40. The van der Waals surface area contributed by atoms with Gasteiger partial charge >= 0.3 is 5.97 Å². The van der Waals surface area contributed by atoms with Gasteiger partial charge < -0.3 is 19.3 Å². The smallest absolute Gasteiger partial charge is 0.335 e. The van der Waals surface area contributed by atoms with Crippen LogP contribution in [-0.2, 0) is 0 Å². The number of ether oxygens (including phenoxy) is 3. The normalized spacial score (nSPS) is 14.3. The maximum Gasteiger partial charge on any atom is 0.335 e. The number of hydrogen-bond acceptors (Lipinski definition) is 4. The van der Waals surface area contributed by atoms with E-state index in [9.17, 15) is 9.90 Å². The van der Waals surface area contributed by atoms with Crippen LogP contribution < -0.4 is 14.2 Å². The molecule has 0 aliphatic heterocycles. The van der Waals surface area contributed by atoms with E-state index in [2.05, 4.69) is 41.5 Å². The van der Waals surface area contributed by atoms with Gasteiger partial charge in [-0.2, -0.15) is 0 Å². The lowest BCUT2D eigenvalue weighted by molar-refractivity contribution is 0.0695. The second-order valence-corrected chi connectivity index (χ2v) is 7.58. The largest absolute Gasteiger partial charge is 0.489 e.